The van der Waals surface area contributed by atoms with E-state index < -0.39 is 0 Å². The van der Waals surface area contributed by atoms with Gasteiger partial charge in [0, 0.05) is 44.2 Å². The highest BCUT2D eigenvalue weighted by Crippen LogP contribution is 2.37. The minimum atomic E-state index is 0.0680. The van der Waals surface area contributed by atoms with Gasteiger partial charge in [0.2, 0.25) is 5.91 Å². The van der Waals surface area contributed by atoms with E-state index in [0.29, 0.717) is 5.13 Å². The van der Waals surface area contributed by atoms with E-state index in [9.17, 15) is 4.79 Å². The van der Waals surface area contributed by atoms with Crippen LogP contribution in [0.2, 0.25) is 0 Å². The van der Waals surface area contributed by atoms with Gasteiger partial charge >= 0.3 is 0 Å². The maximum absolute atomic E-state index is 12.0. The summed E-state index contributed by atoms with van der Waals surface area (Å²) in [5, 5.41) is 0.639. The summed E-state index contributed by atoms with van der Waals surface area (Å²) in [6, 6.07) is 0. The van der Waals surface area contributed by atoms with Crippen molar-refractivity contribution in [3.63, 3.8) is 0 Å². The molecule has 1 aliphatic heterocycles. The standard InChI is InChI=1S/C15H24N4OS/c1-12(20)19-8-7-18(10-13-9-17-14(16)21-13)11-15(19)5-3-2-4-6-15/h9H,2-8,10-11H2,1H3,(H2,16,17). The van der Waals surface area contributed by atoms with E-state index >= 15 is 0 Å². The lowest BCUT2D eigenvalue weighted by Crippen LogP contribution is -2.63. The third kappa shape index (κ3) is 3.06. The topological polar surface area (TPSA) is 62.5 Å². The molecule has 116 valence electrons. The number of thiazole rings is 1. The molecule has 1 amide bonds. The van der Waals surface area contributed by atoms with Gasteiger partial charge in [0.15, 0.2) is 5.13 Å². The second-order valence-electron chi connectivity index (χ2n) is 6.33. The third-order valence-corrected chi connectivity index (χ3v) is 5.66. The van der Waals surface area contributed by atoms with E-state index in [1.165, 1.54) is 24.1 Å². The average molecular weight is 308 g/mol. The largest absolute Gasteiger partial charge is 0.375 e. The van der Waals surface area contributed by atoms with Crippen LogP contribution in [0, 0.1) is 0 Å². The van der Waals surface area contributed by atoms with Gasteiger partial charge in [-0.2, -0.15) is 0 Å². The molecule has 0 unspecified atom stereocenters. The van der Waals surface area contributed by atoms with Gasteiger partial charge in [0.1, 0.15) is 0 Å². The first-order valence-corrected chi connectivity index (χ1v) is 8.61. The Morgan fingerprint density at radius 3 is 2.76 bits per heavy atom. The van der Waals surface area contributed by atoms with Crippen molar-refractivity contribution in [1.82, 2.24) is 14.8 Å². The van der Waals surface area contributed by atoms with Gasteiger partial charge in [-0.25, -0.2) is 4.98 Å². The zero-order chi connectivity index (χ0) is 14.9. The zero-order valence-electron chi connectivity index (χ0n) is 12.7. The molecule has 0 radical (unpaired) electrons. The van der Waals surface area contributed by atoms with Crippen LogP contribution in [-0.2, 0) is 11.3 Å². The molecule has 0 atom stereocenters. The molecule has 2 aliphatic rings. The number of anilines is 1. The lowest BCUT2D eigenvalue weighted by Gasteiger charge is -2.52. The van der Waals surface area contributed by atoms with Gasteiger partial charge in [-0.3, -0.25) is 9.69 Å². The van der Waals surface area contributed by atoms with Gasteiger partial charge < -0.3 is 10.6 Å². The lowest BCUT2D eigenvalue weighted by atomic mass is 9.78. The van der Waals surface area contributed by atoms with Crippen LogP contribution >= 0.6 is 11.3 Å². The highest BCUT2D eigenvalue weighted by atomic mass is 32.1. The molecule has 21 heavy (non-hydrogen) atoms. The molecule has 1 saturated heterocycles. The van der Waals surface area contributed by atoms with Gasteiger partial charge in [0.05, 0.1) is 5.54 Å². The van der Waals surface area contributed by atoms with Crippen LogP contribution < -0.4 is 5.73 Å². The minimum Gasteiger partial charge on any atom is -0.375 e. The summed E-state index contributed by atoms with van der Waals surface area (Å²) in [6.07, 6.45) is 7.96. The predicted molar refractivity (Wildman–Crippen MR) is 85.0 cm³/mol. The number of nitrogens with zero attached hydrogens (tertiary/aromatic N) is 3. The summed E-state index contributed by atoms with van der Waals surface area (Å²) < 4.78 is 0. The molecule has 0 aromatic carbocycles. The molecule has 1 aliphatic carbocycles. The van der Waals surface area contributed by atoms with Crippen LogP contribution in [0.5, 0.6) is 0 Å². The summed E-state index contributed by atoms with van der Waals surface area (Å²) >= 11 is 1.57. The van der Waals surface area contributed by atoms with Crippen molar-refractivity contribution in [3.05, 3.63) is 11.1 Å². The van der Waals surface area contributed by atoms with Crippen molar-refractivity contribution in [3.8, 4) is 0 Å². The van der Waals surface area contributed by atoms with Crippen LogP contribution in [0.25, 0.3) is 0 Å². The average Bonchev–Trinajstić information content (AvgIpc) is 2.84. The Morgan fingerprint density at radius 2 is 2.14 bits per heavy atom. The molecule has 1 aromatic heterocycles. The Kier molecular flexibility index (Phi) is 4.17. The Bertz CT molecular complexity index is 510. The Hall–Kier alpha value is -1.14. The number of piperazine rings is 1. The molecule has 5 nitrogen and oxygen atoms in total. The number of rotatable bonds is 2. The van der Waals surface area contributed by atoms with Crippen molar-refractivity contribution in [2.24, 2.45) is 0 Å². The summed E-state index contributed by atoms with van der Waals surface area (Å²) in [5.41, 5.74) is 5.79. The van der Waals surface area contributed by atoms with Gasteiger partial charge in [-0.1, -0.05) is 19.3 Å². The van der Waals surface area contributed by atoms with Crippen LogP contribution in [0.15, 0.2) is 6.20 Å². The quantitative estimate of drug-likeness (QED) is 0.909. The highest BCUT2D eigenvalue weighted by Gasteiger charge is 2.43. The summed E-state index contributed by atoms with van der Waals surface area (Å²) in [5.74, 6) is 0.235. The van der Waals surface area contributed by atoms with E-state index in [1.54, 1.807) is 18.3 Å². The first-order chi connectivity index (χ1) is 10.1. The van der Waals surface area contributed by atoms with E-state index in [0.717, 1.165) is 39.0 Å². The van der Waals surface area contributed by atoms with Gasteiger partial charge in [-0.15, -0.1) is 11.3 Å². The van der Waals surface area contributed by atoms with Crippen molar-refractivity contribution in [2.75, 3.05) is 25.4 Å². The first kappa shape index (κ1) is 14.8. The third-order valence-electron chi connectivity index (χ3n) is 4.85. The molecule has 2 fully saturated rings. The molecule has 2 N–H and O–H groups in total. The second-order valence-corrected chi connectivity index (χ2v) is 7.48. The summed E-state index contributed by atoms with van der Waals surface area (Å²) in [6.45, 7) is 5.41. The number of hydrogen-bond acceptors (Lipinski definition) is 5. The number of carbonyl (C=O) groups is 1. The smallest absolute Gasteiger partial charge is 0.219 e. The molecule has 2 heterocycles. The molecule has 1 spiro atoms. The minimum absolute atomic E-state index is 0.0680. The lowest BCUT2D eigenvalue weighted by molar-refractivity contribution is -0.142. The number of hydrogen-bond donors (Lipinski definition) is 1. The second kappa shape index (κ2) is 5.93. The van der Waals surface area contributed by atoms with Crippen LogP contribution in [0.3, 0.4) is 0 Å². The number of nitrogen functional groups attached to an aromatic ring is 1. The van der Waals surface area contributed by atoms with Gasteiger partial charge in [0.25, 0.3) is 0 Å². The molecule has 1 aromatic rings. The molecule has 3 rings (SSSR count). The zero-order valence-corrected chi connectivity index (χ0v) is 13.5. The number of aromatic nitrogens is 1. The number of carbonyl (C=O) groups excluding carboxylic acids is 1. The molecule has 0 bridgehead atoms. The fraction of sp³-hybridized carbons (Fsp3) is 0.733. The summed E-state index contributed by atoms with van der Waals surface area (Å²) in [7, 11) is 0. The van der Waals surface area contributed by atoms with E-state index in [4.69, 9.17) is 5.73 Å². The van der Waals surface area contributed by atoms with Crippen molar-refractivity contribution >= 4 is 22.4 Å². The highest BCUT2D eigenvalue weighted by molar-refractivity contribution is 7.15. The van der Waals surface area contributed by atoms with Crippen LogP contribution in [0.4, 0.5) is 5.13 Å². The molecular formula is C15H24N4OS. The Morgan fingerprint density at radius 1 is 1.38 bits per heavy atom. The maximum atomic E-state index is 12.0. The van der Waals surface area contributed by atoms with Crippen molar-refractivity contribution in [1.29, 1.82) is 0 Å². The van der Waals surface area contributed by atoms with Crippen LogP contribution in [0.1, 0.15) is 43.9 Å². The Balaban J connectivity index is 1.73. The monoisotopic (exact) mass is 308 g/mol. The fourth-order valence-electron chi connectivity index (χ4n) is 3.94. The predicted octanol–water partition coefficient (Wildman–Crippen LogP) is 2.09. The van der Waals surface area contributed by atoms with E-state index in [1.807, 2.05) is 6.20 Å². The summed E-state index contributed by atoms with van der Waals surface area (Å²) in [4.78, 5) is 22.0. The molecular weight excluding hydrogens is 284 g/mol. The molecule has 6 heteroatoms. The maximum Gasteiger partial charge on any atom is 0.219 e. The van der Waals surface area contributed by atoms with Crippen molar-refractivity contribution < 1.29 is 4.79 Å². The van der Waals surface area contributed by atoms with E-state index in [-0.39, 0.29) is 11.4 Å². The normalized spacial score (nSPS) is 22.6. The SMILES string of the molecule is CC(=O)N1CCN(Cc2cnc(N)s2)CC12CCCCC2. The first-order valence-electron chi connectivity index (χ1n) is 7.80. The Labute approximate surface area is 130 Å². The van der Waals surface area contributed by atoms with E-state index in [2.05, 4.69) is 14.8 Å². The van der Waals surface area contributed by atoms with Gasteiger partial charge in [-0.05, 0) is 12.8 Å². The van der Waals surface area contributed by atoms with Crippen LogP contribution in [-0.4, -0.2) is 45.9 Å². The van der Waals surface area contributed by atoms with Crippen molar-refractivity contribution in [2.45, 2.75) is 51.1 Å². The molecule has 1 saturated carbocycles. The fourth-order valence-corrected chi connectivity index (χ4v) is 4.67. The number of nitrogens with two attached hydrogens (primary N) is 1. The number of amides is 1.